The first kappa shape index (κ1) is 15.0. The molecule has 0 saturated heterocycles. The first-order valence-corrected chi connectivity index (χ1v) is 6.92. The highest BCUT2D eigenvalue weighted by Gasteiger charge is 2.14. The fraction of sp³-hybridized carbons (Fsp3) is 0.294. The van der Waals surface area contributed by atoms with Crippen molar-refractivity contribution in [3.8, 4) is 11.3 Å². The molecule has 0 spiro atoms. The number of aryl methyl sites for hydroxylation is 2. The predicted molar refractivity (Wildman–Crippen MR) is 86.9 cm³/mol. The molecule has 0 bridgehead atoms. The zero-order chi connectivity index (χ0) is 15.6. The number of aromatic nitrogens is 1. The highest BCUT2D eigenvalue weighted by Crippen LogP contribution is 2.25. The lowest BCUT2D eigenvalue weighted by Gasteiger charge is -2.17. The summed E-state index contributed by atoms with van der Waals surface area (Å²) in [5, 5.41) is 2.65. The second-order valence-electron chi connectivity index (χ2n) is 5.34. The highest BCUT2D eigenvalue weighted by molar-refractivity contribution is 5.99. The Morgan fingerprint density at radius 3 is 2.38 bits per heavy atom. The zero-order valence-corrected chi connectivity index (χ0v) is 13.2. The minimum atomic E-state index is -0.127. The lowest BCUT2D eigenvalue weighted by molar-refractivity contribution is 0.0963. The van der Waals surface area contributed by atoms with Gasteiger partial charge in [0.1, 0.15) is 5.82 Å². The first-order valence-electron chi connectivity index (χ1n) is 6.92. The summed E-state index contributed by atoms with van der Waals surface area (Å²) in [6.45, 7) is 4.18. The van der Waals surface area contributed by atoms with Crippen LogP contribution >= 0.6 is 0 Å². The standard InChI is InChI=1S/C17H21N3O/c1-11-6-7-13(10-12(11)2)15-9-8-14(17(21)18-3)16(19-15)20(4)5/h6-10H,1-5H3,(H,18,21). The van der Waals surface area contributed by atoms with Crippen LogP contribution in [0.15, 0.2) is 30.3 Å². The van der Waals surface area contributed by atoms with E-state index in [0.717, 1.165) is 11.3 Å². The molecular weight excluding hydrogens is 262 g/mol. The summed E-state index contributed by atoms with van der Waals surface area (Å²) in [7, 11) is 5.40. The van der Waals surface area contributed by atoms with Gasteiger partial charge < -0.3 is 10.2 Å². The van der Waals surface area contributed by atoms with Crippen LogP contribution in [0, 0.1) is 13.8 Å². The van der Waals surface area contributed by atoms with E-state index in [1.165, 1.54) is 11.1 Å². The molecule has 1 aromatic heterocycles. The van der Waals surface area contributed by atoms with Gasteiger partial charge >= 0.3 is 0 Å². The smallest absolute Gasteiger partial charge is 0.254 e. The number of carbonyl (C=O) groups is 1. The largest absolute Gasteiger partial charge is 0.362 e. The number of anilines is 1. The van der Waals surface area contributed by atoms with Crippen LogP contribution in [0.2, 0.25) is 0 Å². The average Bonchev–Trinajstić information content (AvgIpc) is 2.48. The van der Waals surface area contributed by atoms with Gasteiger partial charge in [-0.1, -0.05) is 12.1 Å². The van der Waals surface area contributed by atoms with Crippen molar-refractivity contribution in [2.75, 3.05) is 26.0 Å². The average molecular weight is 283 g/mol. The third kappa shape index (κ3) is 3.05. The molecule has 0 radical (unpaired) electrons. The Hall–Kier alpha value is -2.36. The van der Waals surface area contributed by atoms with Crippen molar-refractivity contribution in [2.24, 2.45) is 0 Å². The van der Waals surface area contributed by atoms with Crippen LogP contribution in [0.25, 0.3) is 11.3 Å². The second kappa shape index (κ2) is 5.95. The topological polar surface area (TPSA) is 45.2 Å². The lowest BCUT2D eigenvalue weighted by atomic mass is 10.0. The summed E-state index contributed by atoms with van der Waals surface area (Å²) in [5.41, 5.74) is 5.00. The van der Waals surface area contributed by atoms with Crippen molar-refractivity contribution in [3.05, 3.63) is 47.0 Å². The van der Waals surface area contributed by atoms with Crippen LogP contribution in [0.4, 0.5) is 5.82 Å². The third-order valence-corrected chi connectivity index (χ3v) is 3.57. The van der Waals surface area contributed by atoms with Crippen LogP contribution in [0.5, 0.6) is 0 Å². The van der Waals surface area contributed by atoms with Gasteiger partial charge in [-0.2, -0.15) is 0 Å². The highest BCUT2D eigenvalue weighted by atomic mass is 16.1. The van der Waals surface area contributed by atoms with Crippen molar-refractivity contribution < 1.29 is 4.79 Å². The molecular formula is C17H21N3O. The number of nitrogens with one attached hydrogen (secondary N) is 1. The quantitative estimate of drug-likeness (QED) is 0.942. The van der Waals surface area contributed by atoms with Crippen molar-refractivity contribution in [2.45, 2.75) is 13.8 Å². The van der Waals surface area contributed by atoms with Crippen LogP contribution in [-0.4, -0.2) is 32.0 Å². The van der Waals surface area contributed by atoms with Crippen LogP contribution in [-0.2, 0) is 0 Å². The number of amides is 1. The molecule has 0 aliphatic heterocycles. The van der Waals surface area contributed by atoms with Crippen molar-refractivity contribution >= 4 is 11.7 Å². The molecule has 1 amide bonds. The maximum absolute atomic E-state index is 11.9. The van der Waals surface area contributed by atoms with Gasteiger partial charge in [-0.3, -0.25) is 4.79 Å². The Kier molecular flexibility index (Phi) is 4.26. The third-order valence-electron chi connectivity index (χ3n) is 3.57. The van der Waals surface area contributed by atoms with Gasteiger partial charge in [-0.25, -0.2) is 4.98 Å². The minimum absolute atomic E-state index is 0.127. The molecule has 110 valence electrons. The molecule has 1 heterocycles. The summed E-state index contributed by atoms with van der Waals surface area (Å²) < 4.78 is 0. The first-order chi connectivity index (χ1) is 9.93. The summed E-state index contributed by atoms with van der Waals surface area (Å²) in [6.07, 6.45) is 0. The minimum Gasteiger partial charge on any atom is -0.362 e. The van der Waals surface area contributed by atoms with E-state index < -0.39 is 0 Å². The van der Waals surface area contributed by atoms with Gasteiger partial charge in [0.05, 0.1) is 11.3 Å². The molecule has 0 saturated carbocycles. The number of nitrogens with zero attached hydrogens (tertiary/aromatic N) is 2. The van der Waals surface area contributed by atoms with Crippen molar-refractivity contribution in [3.63, 3.8) is 0 Å². The van der Waals surface area contributed by atoms with Gasteiger partial charge in [0.2, 0.25) is 0 Å². The van der Waals surface area contributed by atoms with Crippen LogP contribution in [0.3, 0.4) is 0 Å². The van der Waals surface area contributed by atoms with Gasteiger partial charge in [0, 0.05) is 26.7 Å². The Morgan fingerprint density at radius 2 is 1.81 bits per heavy atom. The monoisotopic (exact) mass is 283 g/mol. The van der Waals surface area contributed by atoms with E-state index in [0.29, 0.717) is 11.4 Å². The molecule has 0 atom stereocenters. The van der Waals surface area contributed by atoms with E-state index >= 15 is 0 Å². The molecule has 2 aromatic rings. The summed E-state index contributed by atoms with van der Waals surface area (Å²) >= 11 is 0. The molecule has 1 aromatic carbocycles. The summed E-state index contributed by atoms with van der Waals surface area (Å²) in [5.74, 6) is 0.544. The van der Waals surface area contributed by atoms with E-state index in [1.54, 1.807) is 7.05 Å². The summed E-state index contributed by atoms with van der Waals surface area (Å²) in [6, 6.07) is 9.99. The number of carbonyl (C=O) groups excluding carboxylic acids is 1. The predicted octanol–water partition coefficient (Wildman–Crippen LogP) is 2.79. The van der Waals surface area contributed by atoms with Crippen molar-refractivity contribution in [1.29, 1.82) is 0 Å². The zero-order valence-electron chi connectivity index (χ0n) is 13.2. The van der Waals surface area contributed by atoms with E-state index in [-0.39, 0.29) is 5.91 Å². The fourth-order valence-electron chi connectivity index (χ4n) is 2.16. The molecule has 2 rings (SSSR count). The number of hydrogen-bond acceptors (Lipinski definition) is 3. The molecule has 0 fully saturated rings. The molecule has 1 N–H and O–H groups in total. The normalized spacial score (nSPS) is 10.3. The molecule has 0 aliphatic carbocycles. The number of rotatable bonds is 3. The molecule has 0 unspecified atom stereocenters. The Morgan fingerprint density at radius 1 is 1.10 bits per heavy atom. The van der Waals surface area contributed by atoms with Gasteiger partial charge in [0.15, 0.2) is 0 Å². The van der Waals surface area contributed by atoms with E-state index in [9.17, 15) is 4.79 Å². The van der Waals surface area contributed by atoms with Gasteiger partial charge in [-0.15, -0.1) is 0 Å². The SMILES string of the molecule is CNC(=O)c1ccc(-c2ccc(C)c(C)c2)nc1N(C)C. The van der Waals surface area contributed by atoms with E-state index in [2.05, 4.69) is 42.3 Å². The summed E-state index contributed by atoms with van der Waals surface area (Å²) in [4.78, 5) is 18.4. The Labute approximate surface area is 125 Å². The van der Waals surface area contributed by atoms with Gasteiger partial charge in [0.25, 0.3) is 5.91 Å². The van der Waals surface area contributed by atoms with Crippen LogP contribution < -0.4 is 10.2 Å². The number of hydrogen-bond donors (Lipinski definition) is 1. The Balaban J connectivity index is 2.53. The second-order valence-corrected chi connectivity index (χ2v) is 5.34. The number of benzene rings is 1. The van der Waals surface area contributed by atoms with E-state index in [1.807, 2.05) is 31.1 Å². The Bertz CT molecular complexity index is 678. The lowest BCUT2D eigenvalue weighted by Crippen LogP contribution is -2.23. The van der Waals surface area contributed by atoms with Crippen LogP contribution in [0.1, 0.15) is 21.5 Å². The molecule has 0 aliphatic rings. The van der Waals surface area contributed by atoms with Crippen molar-refractivity contribution in [1.82, 2.24) is 10.3 Å². The number of pyridine rings is 1. The molecule has 4 nitrogen and oxygen atoms in total. The maximum atomic E-state index is 11.9. The fourth-order valence-corrected chi connectivity index (χ4v) is 2.16. The van der Waals surface area contributed by atoms with Gasteiger partial charge in [-0.05, 0) is 43.2 Å². The molecule has 4 heteroatoms. The van der Waals surface area contributed by atoms with E-state index in [4.69, 9.17) is 0 Å². The maximum Gasteiger partial charge on any atom is 0.254 e. The molecule has 21 heavy (non-hydrogen) atoms.